The van der Waals surface area contributed by atoms with E-state index in [2.05, 4.69) is 10.3 Å². The molecule has 1 fully saturated rings. The Morgan fingerprint density at radius 1 is 1.33 bits per heavy atom. The first-order chi connectivity index (χ1) is 15.9. The summed E-state index contributed by atoms with van der Waals surface area (Å²) in [6.45, 7) is 3.10. The predicted octanol–water partition coefficient (Wildman–Crippen LogP) is 2.22. The molecule has 5 N–H and O–H groups in total. The molecule has 1 amide bonds. The summed E-state index contributed by atoms with van der Waals surface area (Å²) in [6.07, 6.45) is 0.321. The molecule has 8 nitrogen and oxygen atoms in total. The largest absolute Gasteiger partial charge is 0.488 e. The number of aromatic nitrogens is 1. The second-order valence-corrected chi connectivity index (χ2v) is 9.56. The second kappa shape index (κ2) is 8.44. The van der Waals surface area contributed by atoms with Crippen LogP contribution >= 0.6 is 11.3 Å². The summed E-state index contributed by atoms with van der Waals surface area (Å²) < 4.78 is 26.4. The molecule has 0 saturated carbocycles. The number of nitrogen functional groups attached to an aromatic ring is 1. The number of thiophene rings is 1. The normalized spacial score (nSPS) is 22.3. The van der Waals surface area contributed by atoms with Crippen LogP contribution in [0.4, 0.5) is 15.8 Å². The van der Waals surface area contributed by atoms with Crippen LogP contribution in [0.5, 0.6) is 5.75 Å². The first-order valence-electron chi connectivity index (χ1n) is 10.8. The van der Waals surface area contributed by atoms with Crippen molar-refractivity contribution in [3.05, 3.63) is 46.2 Å². The molecule has 0 spiro atoms. The van der Waals surface area contributed by atoms with Crippen molar-refractivity contribution in [3.8, 4) is 5.75 Å². The smallest absolute Gasteiger partial charge is 0.263 e. The lowest BCUT2D eigenvalue weighted by Gasteiger charge is -2.28. The van der Waals surface area contributed by atoms with Gasteiger partial charge in [0.05, 0.1) is 29.6 Å². The SMILES string of the molecule is CO[C@@H]1CN(c2ccc3c(c2F)OC[C@H](NC(=O)c2sc4nc(C)ccc4c2N)C3)C[C@H]1N. The summed E-state index contributed by atoms with van der Waals surface area (Å²) in [5.74, 6) is -0.455. The van der Waals surface area contributed by atoms with E-state index >= 15 is 4.39 Å². The molecule has 0 unspecified atom stereocenters. The van der Waals surface area contributed by atoms with Gasteiger partial charge in [-0.15, -0.1) is 11.3 Å². The lowest BCUT2D eigenvalue weighted by molar-refractivity contribution is 0.0919. The third-order valence-electron chi connectivity index (χ3n) is 6.28. The van der Waals surface area contributed by atoms with Crippen molar-refractivity contribution in [1.29, 1.82) is 0 Å². The quantitative estimate of drug-likeness (QED) is 0.534. The van der Waals surface area contributed by atoms with Gasteiger partial charge < -0.3 is 31.2 Å². The van der Waals surface area contributed by atoms with Gasteiger partial charge in [-0.05, 0) is 37.1 Å². The molecule has 4 heterocycles. The number of methoxy groups -OCH3 is 1. The van der Waals surface area contributed by atoms with E-state index in [0.717, 1.165) is 15.9 Å². The molecule has 1 saturated heterocycles. The number of pyridine rings is 1. The third-order valence-corrected chi connectivity index (χ3v) is 7.39. The van der Waals surface area contributed by atoms with Crippen LogP contribution in [-0.2, 0) is 11.2 Å². The Morgan fingerprint density at radius 3 is 2.91 bits per heavy atom. The monoisotopic (exact) mass is 471 g/mol. The fourth-order valence-electron chi connectivity index (χ4n) is 4.50. The number of nitrogens with two attached hydrogens (primary N) is 2. The Bertz CT molecular complexity index is 1230. The van der Waals surface area contributed by atoms with E-state index in [1.54, 1.807) is 13.2 Å². The minimum absolute atomic E-state index is 0.138. The van der Waals surface area contributed by atoms with Gasteiger partial charge in [-0.3, -0.25) is 4.79 Å². The fraction of sp³-hybridized carbons (Fsp3) is 0.391. The minimum Gasteiger partial charge on any atom is -0.488 e. The molecule has 1 aromatic carbocycles. The molecule has 33 heavy (non-hydrogen) atoms. The molecule has 10 heteroatoms. The molecule has 0 bridgehead atoms. The number of anilines is 2. The number of rotatable bonds is 4. The Labute approximate surface area is 194 Å². The average molecular weight is 472 g/mol. The van der Waals surface area contributed by atoms with Crippen molar-refractivity contribution in [2.45, 2.75) is 31.5 Å². The molecule has 3 atom stereocenters. The number of carbonyl (C=O) groups is 1. The molecule has 0 aliphatic carbocycles. The zero-order valence-electron chi connectivity index (χ0n) is 18.4. The molecule has 5 rings (SSSR count). The highest BCUT2D eigenvalue weighted by Crippen LogP contribution is 2.36. The van der Waals surface area contributed by atoms with Gasteiger partial charge in [-0.1, -0.05) is 6.07 Å². The maximum absolute atomic E-state index is 15.3. The molecular weight excluding hydrogens is 445 g/mol. The maximum Gasteiger partial charge on any atom is 0.263 e. The Balaban J connectivity index is 1.31. The number of fused-ring (bicyclic) bond motifs is 2. The van der Waals surface area contributed by atoms with E-state index in [4.69, 9.17) is 20.9 Å². The van der Waals surface area contributed by atoms with Crippen LogP contribution in [-0.4, -0.2) is 55.9 Å². The lowest BCUT2D eigenvalue weighted by atomic mass is 10.0. The van der Waals surface area contributed by atoms with Crippen molar-refractivity contribution in [2.75, 3.05) is 37.4 Å². The van der Waals surface area contributed by atoms with Crippen LogP contribution in [0.15, 0.2) is 24.3 Å². The number of nitrogens with one attached hydrogen (secondary N) is 1. The van der Waals surface area contributed by atoms with Crippen LogP contribution in [0.25, 0.3) is 10.2 Å². The summed E-state index contributed by atoms with van der Waals surface area (Å²) >= 11 is 1.27. The van der Waals surface area contributed by atoms with Crippen LogP contribution in [0.3, 0.4) is 0 Å². The molecule has 3 aromatic rings. The zero-order valence-corrected chi connectivity index (χ0v) is 19.2. The van der Waals surface area contributed by atoms with Gasteiger partial charge in [0, 0.05) is 31.3 Å². The third kappa shape index (κ3) is 3.88. The molecule has 0 radical (unpaired) electrons. The highest BCUT2D eigenvalue weighted by molar-refractivity contribution is 7.21. The molecule has 2 aromatic heterocycles. The van der Waals surface area contributed by atoms with E-state index in [-0.39, 0.29) is 36.5 Å². The molecule has 174 valence electrons. The number of benzene rings is 1. The summed E-state index contributed by atoms with van der Waals surface area (Å²) in [5.41, 5.74) is 14.7. The number of hydrogen-bond donors (Lipinski definition) is 3. The summed E-state index contributed by atoms with van der Waals surface area (Å²) in [7, 11) is 1.61. The fourth-order valence-corrected chi connectivity index (χ4v) is 5.54. The number of carbonyl (C=O) groups excluding carboxylic acids is 1. The number of halogens is 1. The van der Waals surface area contributed by atoms with Gasteiger partial charge in [-0.25, -0.2) is 9.37 Å². The zero-order chi connectivity index (χ0) is 23.3. The summed E-state index contributed by atoms with van der Waals surface area (Å²) in [6, 6.07) is 6.86. The van der Waals surface area contributed by atoms with Crippen molar-refractivity contribution < 1.29 is 18.7 Å². The second-order valence-electron chi connectivity index (χ2n) is 8.57. The van der Waals surface area contributed by atoms with Gasteiger partial charge >= 0.3 is 0 Å². The van der Waals surface area contributed by atoms with Gasteiger partial charge in [0.25, 0.3) is 5.91 Å². The Kier molecular flexibility index (Phi) is 5.59. The van der Waals surface area contributed by atoms with Crippen LogP contribution in [0.2, 0.25) is 0 Å². The number of amides is 1. The van der Waals surface area contributed by atoms with Crippen LogP contribution in [0, 0.1) is 12.7 Å². The number of nitrogens with zero attached hydrogens (tertiary/aromatic N) is 2. The molecule has 2 aliphatic heterocycles. The number of hydrogen-bond acceptors (Lipinski definition) is 8. The van der Waals surface area contributed by atoms with Crippen molar-refractivity contribution in [3.63, 3.8) is 0 Å². The van der Waals surface area contributed by atoms with E-state index in [1.165, 1.54) is 11.3 Å². The van der Waals surface area contributed by atoms with Crippen LogP contribution < -0.4 is 26.4 Å². The van der Waals surface area contributed by atoms with Gasteiger partial charge in [0.2, 0.25) is 0 Å². The number of ether oxygens (including phenoxy) is 2. The van der Waals surface area contributed by atoms with Gasteiger partial charge in [0.1, 0.15) is 16.3 Å². The van der Waals surface area contributed by atoms with E-state index in [9.17, 15) is 4.79 Å². The van der Waals surface area contributed by atoms with E-state index in [0.29, 0.717) is 41.3 Å². The topological polar surface area (TPSA) is 116 Å². The van der Waals surface area contributed by atoms with E-state index in [1.807, 2.05) is 30.0 Å². The lowest BCUT2D eigenvalue weighted by Crippen LogP contribution is -2.43. The Hall–Kier alpha value is -2.95. The van der Waals surface area contributed by atoms with Crippen LogP contribution in [0.1, 0.15) is 20.9 Å². The standard InChI is InChI=1S/C23H26FN5O3S/c1-11-3-5-14-19(26)21(33-23(14)27-11)22(30)28-13-7-12-4-6-16(18(24)20(12)32-10-13)29-8-15(25)17(9-29)31-2/h3-6,13,15,17H,7-10,25-26H2,1-2H3,(H,28,30)/t13-,15-,17-/m1/s1. The van der Waals surface area contributed by atoms with Crippen molar-refractivity contribution in [1.82, 2.24) is 10.3 Å². The van der Waals surface area contributed by atoms with Crippen molar-refractivity contribution >= 4 is 38.8 Å². The molecular formula is C23H26FN5O3S. The average Bonchev–Trinajstić information content (AvgIpc) is 3.33. The Morgan fingerprint density at radius 2 is 2.15 bits per heavy atom. The minimum atomic E-state index is -0.406. The number of aryl methyl sites for hydroxylation is 1. The highest BCUT2D eigenvalue weighted by atomic mass is 32.1. The summed E-state index contributed by atoms with van der Waals surface area (Å²) in [5, 5.41) is 3.74. The predicted molar refractivity (Wildman–Crippen MR) is 127 cm³/mol. The maximum atomic E-state index is 15.3. The highest BCUT2D eigenvalue weighted by Gasteiger charge is 2.34. The van der Waals surface area contributed by atoms with Crippen molar-refractivity contribution in [2.24, 2.45) is 5.73 Å². The van der Waals surface area contributed by atoms with E-state index < -0.39 is 5.82 Å². The first kappa shape index (κ1) is 21.9. The molecule has 2 aliphatic rings. The van der Waals surface area contributed by atoms with Gasteiger partial charge in [-0.2, -0.15) is 0 Å². The summed E-state index contributed by atoms with van der Waals surface area (Å²) in [4.78, 5) is 20.4. The van der Waals surface area contributed by atoms with Gasteiger partial charge in [0.15, 0.2) is 11.6 Å². The first-order valence-corrected chi connectivity index (χ1v) is 11.6.